The van der Waals surface area contributed by atoms with Gasteiger partial charge in [0.15, 0.2) is 11.6 Å². The number of halogens is 2. The number of carbonyl (C=O) groups excluding carboxylic acids is 1. The molecule has 180 valence electrons. The van der Waals surface area contributed by atoms with Gasteiger partial charge in [-0.05, 0) is 48.6 Å². The molecule has 1 atom stereocenters. The van der Waals surface area contributed by atoms with Crippen molar-refractivity contribution in [1.29, 1.82) is 0 Å². The largest absolute Gasteiger partial charge is 0.348 e. The van der Waals surface area contributed by atoms with Gasteiger partial charge in [0.25, 0.3) is 0 Å². The monoisotopic (exact) mass is 479 g/mol. The van der Waals surface area contributed by atoms with Gasteiger partial charge in [0, 0.05) is 26.2 Å². The highest BCUT2D eigenvalue weighted by molar-refractivity contribution is 7.89. The fourth-order valence-corrected chi connectivity index (χ4v) is 5.34. The Hall–Kier alpha value is -2.36. The fourth-order valence-electron chi connectivity index (χ4n) is 3.90. The molecule has 3 rings (SSSR count). The fraction of sp³-hybridized carbons (Fsp3) is 0.458. The number of sulfonamides is 1. The highest BCUT2D eigenvalue weighted by Crippen LogP contribution is 2.20. The molecule has 6 nitrogen and oxygen atoms in total. The summed E-state index contributed by atoms with van der Waals surface area (Å²) in [6.45, 7) is 7.52. The number of amides is 1. The van der Waals surface area contributed by atoms with Crippen molar-refractivity contribution >= 4 is 15.9 Å². The van der Waals surface area contributed by atoms with E-state index in [9.17, 15) is 22.0 Å². The number of rotatable bonds is 8. The van der Waals surface area contributed by atoms with Crippen LogP contribution in [0, 0.1) is 17.6 Å². The Morgan fingerprint density at radius 3 is 2.18 bits per heavy atom. The summed E-state index contributed by atoms with van der Waals surface area (Å²) in [4.78, 5) is 14.1. The second-order valence-electron chi connectivity index (χ2n) is 8.88. The first-order valence-electron chi connectivity index (χ1n) is 11.1. The van der Waals surface area contributed by atoms with Crippen molar-refractivity contribution in [2.24, 2.45) is 5.92 Å². The summed E-state index contributed by atoms with van der Waals surface area (Å²) < 4.78 is 53.2. The van der Waals surface area contributed by atoms with Crippen molar-refractivity contribution in [3.63, 3.8) is 0 Å². The molecule has 2 aromatic carbocycles. The van der Waals surface area contributed by atoms with Gasteiger partial charge in [-0.25, -0.2) is 17.2 Å². The number of piperazine rings is 1. The lowest BCUT2D eigenvalue weighted by atomic mass is 10.00. The van der Waals surface area contributed by atoms with E-state index in [1.165, 1.54) is 9.87 Å². The smallest absolute Gasteiger partial charge is 0.243 e. The van der Waals surface area contributed by atoms with Crippen LogP contribution in [0.3, 0.4) is 0 Å². The summed E-state index contributed by atoms with van der Waals surface area (Å²) in [5, 5.41) is 2.99. The zero-order valence-corrected chi connectivity index (χ0v) is 20.0. The minimum Gasteiger partial charge on any atom is -0.348 e. The molecule has 1 saturated heterocycles. The number of carbonyl (C=O) groups is 1. The van der Waals surface area contributed by atoms with E-state index >= 15 is 0 Å². The number of hydrogen-bond acceptors (Lipinski definition) is 4. The molecular weight excluding hydrogens is 448 g/mol. The summed E-state index contributed by atoms with van der Waals surface area (Å²) in [6, 6.07) is 10.7. The Bertz CT molecular complexity index is 1070. The van der Waals surface area contributed by atoms with Crippen molar-refractivity contribution < 1.29 is 22.0 Å². The summed E-state index contributed by atoms with van der Waals surface area (Å²) in [5.41, 5.74) is 2.29. The van der Waals surface area contributed by atoms with Crippen LogP contribution < -0.4 is 5.32 Å². The first-order valence-corrected chi connectivity index (χ1v) is 12.6. The Morgan fingerprint density at radius 2 is 1.61 bits per heavy atom. The number of hydrogen-bond donors (Lipinski definition) is 1. The molecule has 1 aliphatic heterocycles. The highest BCUT2D eigenvalue weighted by atomic mass is 32.2. The van der Waals surface area contributed by atoms with E-state index in [4.69, 9.17) is 0 Å². The minimum absolute atomic E-state index is 0.134. The highest BCUT2D eigenvalue weighted by Gasteiger charge is 2.29. The zero-order chi connectivity index (χ0) is 24.2. The molecule has 0 bridgehead atoms. The predicted molar refractivity (Wildman–Crippen MR) is 123 cm³/mol. The van der Waals surface area contributed by atoms with Crippen LogP contribution in [0.1, 0.15) is 37.9 Å². The van der Waals surface area contributed by atoms with E-state index in [0.717, 1.165) is 24.1 Å². The normalized spacial score (nSPS) is 16.7. The number of benzene rings is 2. The van der Waals surface area contributed by atoms with Crippen LogP contribution in [0.5, 0.6) is 0 Å². The van der Waals surface area contributed by atoms with Crippen LogP contribution in [0.15, 0.2) is 47.4 Å². The van der Waals surface area contributed by atoms with Crippen molar-refractivity contribution in [3.05, 3.63) is 65.2 Å². The SMILES string of the molecule is CC(C)Cc1ccc(C(C)NC(=O)CN2CCN(S(=O)(=O)c3ccc(F)c(F)c3)CC2)cc1. The molecular formula is C24H31F2N3O3S. The van der Waals surface area contributed by atoms with Crippen LogP contribution in [0.25, 0.3) is 0 Å². The van der Waals surface area contributed by atoms with Gasteiger partial charge in [0.1, 0.15) is 0 Å². The maximum atomic E-state index is 13.5. The summed E-state index contributed by atoms with van der Waals surface area (Å²) in [7, 11) is -3.92. The second-order valence-corrected chi connectivity index (χ2v) is 10.8. The van der Waals surface area contributed by atoms with E-state index in [1.54, 1.807) is 0 Å². The van der Waals surface area contributed by atoms with Gasteiger partial charge < -0.3 is 5.32 Å². The Balaban J connectivity index is 1.50. The van der Waals surface area contributed by atoms with E-state index in [1.807, 2.05) is 24.0 Å². The minimum atomic E-state index is -3.92. The lowest BCUT2D eigenvalue weighted by Crippen LogP contribution is -2.51. The third-order valence-corrected chi connectivity index (χ3v) is 7.62. The molecule has 1 N–H and O–H groups in total. The maximum absolute atomic E-state index is 13.5. The lowest BCUT2D eigenvalue weighted by molar-refractivity contribution is -0.123. The second kappa shape index (κ2) is 10.7. The van der Waals surface area contributed by atoms with Gasteiger partial charge in [-0.15, -0.1) is 0 Å². The Morgan fingerprint density at radius 1 is 0.970 bits per heavy atom. The van der Waals surface area contributed by atoms with Crippen molar-refractivity contribution in [3.8, 4) is 0 Å². The van der Waals surface area contributed by atoms with Crippen LogP contribution in [0.4, 0.5) is 8.78 Å². The summed E-state index contributed by atoms with van der Waals surface area (Å²) in [6.07, 6.45) is 1.01. The average Bonchev–Trinajstić information content (AvgIpc) is 2.76. The molecule has 1 fully saturated rings. The molecule has 0 radical (unpaired) electrons. The van der Waals surface area contributed by atoms with Gasteiger partial charge in [-0.1, -0.05) is 38.1 Å². The molecule has 9 heteroatoms. The predicted octanol–water partition coefficient (Wildman–Crippen LogP) is 3.35. The first kappa shape index (κ1) is 25.3. The van der Waals surface area contributed by atoms with Crippen LogP contribution >= 0.6 is 0 Å². The molecule has 1 heterocycles. The summed E-state index contributed by atoms with van der Waals surface area (Å²) >= 11 is 0. The van der Waals surface area contributed by atoms with Crippen LogP contribution in [0.2, 0.25) is 0 Å². The molecule has 1 unspecified atom stereocenters. The van der Waals surface area contributed by atoms with Crippen molar-refractivity contribution in [2.45, 2.75) is 38.1 Å². The molecule has 33 heavy (non-hydrogen) atoms. The quantitative estimate of drug-likeness (QED) is 0.631. The number of nitrogens with zero attached hydrogens (tertiary/aromatic N) is 2. The van der Waals surface area contributed by atoms with Gasteiger partial charge in [0.05, 0.1) is 17.5 Å². The molecule has 0 saturated carbocycles. The van der Waals surface area contributed by atoms with Crippen LogP contribution in [-0.4, -0.2) is 56.3 Å². The van der Waals surface area contributed by atoms with Gasteiger partial charge in [-0.2, -0.15) is 4.31 Å². The lowest BCUT2D eigenvalue weighted by Gasteiger charge is -2.33. The van der Waals surface area contributed by atoms with Crippen molar-refractivity contribution in [1.82, 2.24) is 14.5 Å². The maximum Gasteiger partial charge on any atom is 0.243 e. The van der Waals surface area contributed by atoms with E-state index in [2.05, 4.69) is 31.3 Å². The standard InChI is InChI=1S/C24H31F2N3O3S/c1-17(2)14-19-4-6-20(7-5-19)18(3)27-24(30)16-28-10-12-29(13-11-28)33(31,32)21-8-9-22(25)23(26)15-21/h4-9,15,17-18H,10-14,16H2,1-3H3,(H,27,30). The topological polar surface area (TPSA) is 69.7 Å². The van der Waals surface area contributed by atoms with Crippen LogP contribution in [-0.2, 0) is 21.2 Å². The summed E-state index contributed by atoms with van der Waals surface area (Å²) in [5.74, 6) is -1.84. The van der Waals surface area contributed by atoms with Gasteiger partial charge >= 0.3 is 0 Å². The number of nitrogens with one attached hydrogen (secondary N) is 1. The van der Waals surface area contributed by atoms with E-state index < -0.39 is 21.7 Å². The van der Waals surface area contributed by atoms with Gasteiger partial charge in [-0.3, -0.25) is 9.69 Å². The van der Waals surface area contributed by atoms with Gasteiger partial charge in [0.2, 0.25) is 15.9 Å². The zero-order valence-electron chi connectivity index (χ0n) is 19.2. The third-order valence-electron chi connectivity index (χ3n) is 5.73. The van der Waals surface area contributed by atoms with Crippen molar-refractivity contribution in [2.75, 3.05) is 32.7 Å². The first-order chi connectivity index (χ1) is 15.6. The molecule has 1 aliphatic rings. The average molecular weight is 480 g/mol. The Kier molecular flexibility index (Phi) is 8.20. The Labute approximate surface area is 194 Å². The van der Waals surface area contributed by atoms with E-state index in [0.29, 0.717) is 25.1 Å². The molecule has 0 aromatic heterocycles. The molecule has 0 aliphatic carbocycles. The third kappa shape index (κ3) is 6.59. The molecule has 0 spiro atoms. The molecule has 1 amide bonds. The molecule has 2 aromatic rings. The van der Waals surface area contributed by atoms with E-state index in [-0.39, 0.29) is 36.5 Å².